The van der Waals surface area contributed by atoms with E-state index < -0.39 is 12.0 Å². The molecule has 0 saturated carbocycles. The van der Waals surface area contributed by atoms with Gasteiger partial charge in [0.1, 0.15) is 6.04 Å². The lowest BCUT2D eigenvalue weighted by Gasteiger charge is -2.17. The van der Waals surface area contributed by atoms with Crippen molar-refractivity contribution in [1.82, 2.24) is 5.32 Å². The minimum Gasteiger partial charge on any atom is -0.480 e. The van der Waals surface area contributed by atoms with Gasteiger partial charge in [-0.05, 0) is 19.8 Å². The average molecular weight is 171 g/mol. The summed E-state index contributed by atoms with van der Waals surface area (Å²) in [5.74, 6) is -0.784. The molecule has 2 unspecified atom stereocenters. The van der Waals surface area contributed by atoms with Crippen LogP contribution in [-0.4, -0.2) is 23.2 Å². The number of carbonyl (C=O) groups is 1. The smallest absolute Gasteiger partial charge is 0.320 e. The van der Waals surface area contributed by atoms with E-state index in [9.17, 15) is 4.79 Å². The predicted octanol–water partition coefficient (Wildman–Crippen LogP) is 1.40. The Morgan fingerprint density at radius 1 is 1.75 bits per heavy atom. The highest BCUT2D eigenvalue weighted by atomic mass is 16.4. The van der Waals surface area contributed by atoms with Gasteiger partial charge in [-0.15, -0.1) is 6.58 Å². The lowest BCUT2D eigenvalue weighted by Crippen LogP contribution is -2.41. The molecule has 0 radical (unpaired) electrons. The fraction of sp³-hybridized carbons (Fsp3) is 0.667. The zero-order valence-corrected chi connectivity index (χ0v) is 7.71. The number of nitrogens with one attached hydrogen (secondary N) is 1. The van der Waals surface area contributed by atoms with E-state index in [0.29, 0.717) is 6.42 Å². The summed E-state index contributed by atoms with van der Waals surface area (Å²) in [6.07, 6.45) is 3.19. The van der Waals surface area contributed by atoms with Gasteiger partial charge in [0.25, 0.3) is 0 Å². The number of carboxylic acids is 1. The average Bonchev–Trinajstić information content (AvgIpc) is 2.00. The highest BCUT2D eigenvalue weighted by molar-refractivity contribution is 5.73. The second-order valence-corrected chi connectivity index (χ2v) is 2.89. The molecule has 0 heterocycles. The predicted molar refractivity (Wildman–Crippen MR) is 49.1 cm³/mol. The minimum absolute atomic E-state index is 0.184. The molecule has 0 aromatic carbocycles. The molecule has 0 fully saturated rings. The Morgan fingerprint density at radius 3 is 2.67 bits per heavy atom. The molecule has 12 heavy (non-hydrogen) atoms. The third kappa shape index (κ3) is 4.13. The molecular formula is C9H17NO2. The highest BCUT2D eigenvalue weighted by Crippen LogP contribution is 1.97. The summed E-state index contributed by atoms with van der Waals surface area (Å²) in [6.45, 7) is 7.40. The third-order valence-electron chi connectivity index (χ3n) is 1.71. The number of aliphatic carboxylic acids is 1. The van der Waals surface area contributed by atoms with Crippen molar-refractivity contribution in [1.29, 1.82) is 0 Å². The molecule has 0 bridgehead atoms. The van der Waals surface area contributed by atoms with Crippen molar-refractivity contribution in [2.45, 2.75) is 38.8 Å². The van der Waals surface area contributed by atoms with Crippen LogP contribution < -0.4 is 5.32 Å². The minimum atomic E-state index is -0.784. The quantitative estimate of drug-likeness (QED) is 0.594. The summed E-state index contributed by atoms with van der Waals surface area (Å²) in [5, 5.41) is 11.7. The molecule has 0 aliphatic heterocycles. The van der Waals surface area contributed by atoms with Gasteiger partial charge in [0.15, 0.2) is 0 Å². The molecule has 0 saturated heterocycles. The van der Waals surface area contributed by atoms with Crippen LogP contribution in [0.2, 0.25) is 0 Å². The fourth-order valence-corrected chi connectivity index (χ4v) is 1.03. The van der Waals surface area contributed by atoms with Crippen LogP contribution in [0.25, 0.3) is 0 Å². The maximum Gasteiger partial charge on any atom is 0.320 e. The number of rotatable bonds is 6. The van der Waals surface area contributed by atoms with Crippen LogP contribution in [0, 0.1) is 0 Å². The molecule has 0 aliphatic carbocycles. The Kier molecular flexibility index (Phi) is 5.37. The van der Waals surface area contributed by atoms with E-state index >= 15 is 0 Å². The fourth-order valence-electron chi connectivity index (χ4n) is 1.03. The van der Waals surface area contributed by atoms with Gasteiger partial charge in [0, 0.05) is 6.04 Å². The molecule has 0 aliphatic rings. The van der Waals surface area contributed by atoms with Gasteiger partial charge in [-0.25, -0.2) is 0 Å². The molecule has 70 valence electrons. The maximum absolute atomic E-state index is 10.6. The normalized spacial score (nSPS) is 15.2. The van der Waals surface area contributed by atoms with E-state index in [0.717, 1.165) is 6.42 Å². The topological polar surface area (TPSA) is 49.3 Å². The summed E-state index contributed by atoms with van der Waals surface area (Å²) in [7, 11) is 0. The summed E-state index contributed by atoms with van der Waals surface area (Å²) in [5.41, 5.74) is 0. The standard InChI is InChI=1S/C9H17NO2/c1-4-6-7(3)10-8(5-2)9(11)12/h4,7-8,10H,1,5-6H2,2-3H3,(H,11,12). The zero-order valence-electron chi connectivity index (χ0n) is 7.71. The van der Waals surface area contributed by atoms with Gasteiger partial charge in [0.2, 0.25) is 0 Å². The summed E-state index contributed by atoms with van der Waals surface area (Å²) >= 11 is 0. The van der Waals surface area contributed by atoms with E-state index in [-0.39, 0.29) is 6.04 Å². The monoisotopic (exact) mass is 171 g/mol. The number of carboxylic acid groups (broad SMARTS) is 1. The number of hydrogen-bond acceptors (Lipinski definition) is 2. The molecule has 0 aromatic rings. The molecule has 0 amide bonds. The second-order valence-electron chi connectivity index (χ2n) is 2.89. The van der Waals surface area contributed by atoms with Crippen molar-refractivity contribution < 1.29 is 9.90 Å². The molecule has 0 aromatic heterocycles. The maximum atomic E-state index is 10.6. The second kappa shape index (κ2) is 5.77. The van der Waals surface area contributed by atoms with Crippen LogP contribution in [0.5, 0.6) is 0 Å². The largest absolute Gasteiger partial charge is 0.480 e. The van der Waals surface area contributed by atoms with Crippen molar-refractivity contribution in [3.63, 3.8) is 0 Å². The molecule has 0 rings (SSSR count). The molecule has 3 nitrogen and oxygen atoms in total. The summed E-state index contributed by atoms with van der Waals surface area (Å²) in [6, 6.07) is -0.247. The Morgan fingerprint density at radius 2 is 2.33 bits per heavy atom. The molecule has 2 atom stereocenters. The van der Waals surface area contributed by atoms with Crippen molar-refractivity contribution in [3.05, 3.63) is 12.7 Å². The van der Waals surface area contributed by atoms with Crippen LogP contribution in [-0.2, 0) is 4.79 Å². The van der Waals surface area contributed by atoms with Gasteiger partial charge < -0.3 is 10.4 Å². The first kappa shape index (κ1) is 11.2. The van der Waals surface area contributed by atoms with E-state index in [2.05, 4.69) is 11.9 Å². The van der Waals surface area contributed by atoms with Crippen LogP contribution in [0.1, 0.15) is 26.7 Å². The van der Waals surface area contributed by atoms with Crippen LogP contribution in [0.3, 0.4) is 0 Å². The lowest BCUT2D eigenvalue weighted by molar-refractivity contribution is -0.139. The first-order chi connectivity index (χ1) is 5.61. The van der Waals surface area contributed by atoms with Crippen molar-refractivity contribution >= 4 is 5.97 Å². The van der Waals surface area contributed by atoms with Crippen LogP contribution in [0.15, 0.2) is 12.7 Å². The molecule has 2 N–H and O–H groups in total. The summed E-state index contributed by atoms with van der Waals surface area (Å²) in [4.78, 5) is 10.6. The molecule has 3 heteroatoms. The first-order valence-corrected chi connectivity index (χ1v) is 4.21. The van der Waals surface area contributed by atoms with Gasteiger partial charge in [-0.3, -0.25) is 4.79 Å². The van der Waals surface area contributed by atoms with Gasteiger partial charge in [-0.1, -0.05) is 13.0 Å². The Balaban J connectivity index is 3.84. The zero-order chi connectivity index (χ0) is 9.56. The molecule has 0 spiro atoms. The Hall–Kier alpha value is -0.830. The van der Waals surface area contributed by atoms with Gasteiger partial charge in [0.05, 0.1) is 0 Å². The van der Waals surface area contributed by atoms with Crippen LogP contribution >= 0.6 is 0 Å². The van der Waals surface area contributed by atoms with E-state index in [1.165, 1.54) is 0 Å². The van der Waals surface area contributed by atoms with E-state index in [4.69, 9.17) is 5.11 Å². The van der Waals surface area contributed by atoms with Gasteiger partial charge >= 0.3 is 5.97 Å². The summed E-state index contributed by atoms with van der Waals surface area (Å²) < 4.78 is 0. The first-order valence-electron chi connectivity index (χ1n) is 4.21. The SMILES string of the molecule is C=CCC(C)NC(CC)C(=O)O. The molecular weight excluding hydrogens is 154 g/mol. The van der Waals surface area contributed by atoms with Crippen molar-refractivity contribution in [2.24, 2.45) is 0 Å². The van der Waals surface area contributed by atoms with Crippen molar-refractivity contribution in [2.75, 3.05) is 0 Å². The van der Waals surface area contributed by atoms with Crippen molar-refractivity contribution in [3.8, 4) is 0 Å². The van der Waals surface area contributed by atoms with Crippen LogP contribution in [0.4, 0.5) is 0 Å². The third-order valence-corrected chi connectivity index (χ3v) is 1.71. The Labute approximate surface area is 73.5 Å². The highest BCUT2D eigenvalue weighted by Gasteiger charge is 2.15. The van der Waals surface area contributed by atoms with E-state index in [1.807, 2.05) is 13.8 Å². The number of hydrogen-bond donors (Lipinski definition) is 2. The Bertz CT molecular complexity index is 157. The van der Waals surface area contributed by atoms with E-state index in [1.54, 1.807) is 6.08 Å². The van der Waals surface area contributed by atoms with Gasteiger partial charge in [-0.2, -0.15) is 0 Å². The lowest BCUT2D eigenvalue weighted by atomic mass is 10.1.